The first-order chi connectivity index (χ1) is 13.2. The number of alkyl halides is 3. The SMILES string of the molecule is CCOC(=O)c1cc(-c2ccc(F)cc2F)c2c(n1)O[C@H](CC(F)(F)F)CC2. The molecular formula is C19H16F5NO3. The summed E-state index contributed by atoms with van der Waals surface area (Å²) in [7, 11) is 0. The van der Waals surface area contributed by atoms with Crippen LogP contribution in [0.5, 0.6) is 5.88 Å². The summed E-state index contributed by atoms with van der Waals surface area (Å²) < 4.78 is 75.9. The number of fused-ring (bicyclic) bond motifs is 1. The van der Waals surface area contributed by atoms with Crippen LogP contribution in [0, 0.1) is 11.6 Å². The number of carbonyl (C=O) groups is 1. The molecule has 0 spiro atoms. The van der Waals surface area contributed by atoms with Crippen molar-refractivity contribution in [3.05, 3.63) is 47.2 Å². The maximum atomic E-state index is 14.3. The second kappa shape index (κ2) is 7.73. The van der Waals surface area contributed by atoms with Gasteiger partial charge in [-0.2, -0.15) is 13.2 Å². The third-order valence-corrected chi connectivity index (χ3v) is 4.25. The number of aromatic nitrogens is 1. The van der Waals surface area contributed by atoms with Crippen LogP contribution in [0.15, 0.2) is 24.3 Å². The molecule has 0 amide bonds. The lowest BCUT2D eigenvalue weighted by Gasteiger charge is -2.28. The highest BCUT2D eigenvalue weighted by atomic mass is 19.4. The first-order valence-electron chi connectivity index (χ1n) is 8.57. The third kappa shape index (κ3) is 4.40. The number of hydrogen-bond acceptors (Lipinski definition) is 4. The van der Waals surface area contributed by atoms with Gasteiger partial charge in [0.25, 0.3) is 0 Å². The number of halogens is 5. The van der Waals surface area contributed by atoms with Crippen molar-refractivity contribution in [3.63, 3.8) is 0 Å². The molecule has 0 unspecified atom stereocenters. The molecule has 0 fully saturated rings. The Labute approximate surface area is 157 Å². The fourth-order valence-electron chi connectivity index (χ4n) is 3.07. The summed E-state index contributed by atoms with van der Waals surface area (Å²) in [6.45, 7) is 1.63. The molecule has 150 valence electrons. The molecule has 0 saturated carbocycles. The van der Waals surface area contributed by atoms with Gasteiger partial charge in [0.05, 0.1) is 13.0 Å². The van der Waals surface area contributed by atoms with Crippen LogP contribution in [0.3, 0.4) is 0 Å². The number of rotatable bonds is 4. The molecule has 0 saturated heterocycles. The van der Waals surface area contributed by atoms with Crippen LogP contribution in [0.4, 0.5) is 22.0 Å². The molecule has 2 heterocycles. The van der Waals surface area contributed by atoms with E-state index in [0.717, 1.165) is 6.07 Å². The largest absolute Gasteiger partial charge is 0.474 e. The first kappa shape index (κ1) is 20.0. The number of hydrogen-bond donors (Lipinski definition) is 0. The van der Waals surface area contributed by atoms with Crippen molar-refractivity contribution in [3.8, 4) is 17.0 Å². The van der Waals surface area contributed by atoms with Crippen molar-refractivity contribution in [2.45, 2.75) is 38.5 Å². The van der Waals surface area contributed by atoms with E-state index in [-0.39, 0.29) is 42.1 Å². The Morgan fingerprint density at radius 2 is 2.00 bits per heavy atom. The molecule has 0 aliphatic carbocycles. The molecule has 1 aromatic heterocycles. The lowest BCUT2D eigenvalue weighted by molar-refractivity contribution is -0.152. The minimum atomic E-state index is -4.42. The second-order valence-corrected chi connectivity index (χ2v) is 6.28. The smallest absolute Gasteiger partial charge is 0.392 e. The van der Waals surface area contributed by atoms with Crippen molar-refractivity contribution in [1.29, 1.82) is 0 Å². The van der Waals surface area contributed by atoms with Crippen LogP contribution < -0.4 is 4.74 Å². The molecule has 1 aromatic carbocycles. The number of nitrogens with zero attached hydrogens (tertiary/aromatic N) is 1. The zero-order chi connectivity index (χ0) is 20.5. The van der Waals surface area contributed by atoms with E-state index in [2.05, 4.69) is 4.98 Å². The van der Waals surface area contributed by atoms with Crippen molar-refractivity contribution >= 4 is 5.97 Å². The molecular weight excluding hydrogens is 385 g/mol. The van der Waals surface area contributed by atoms with Gasteiger partial charge in [-0.15, -0.1) is 0 Å². The van der Waals surface area contributed by atoms with Crippen molar-refractivity contribution in [1.82, 2.24) is 4.98 Å². The van der Waals surface area contributed by atoms with E-state index in [1.807, 2.05) is 0 Å². The van der Waals surface area contributed by atoms with Gasteiger partial charge >= 0.3 is 12.1 Å². The Balaban J connectivity index is 2.08. The van der Waals surface area contributed by atoms with Gasteiger partial charge in [-0.3, -0.25) is 0 Å². The normalized spacial score (nSPS) is 16.3. The van der Waals surface area contributed by atoms with Gasteiger partial charge < -0.3 is 9.47 Å². The van der Waals surface area contributed by atoms with Gasteiger partial charge in [-0.25, -0.2) is 18.6 Å². The van der Waals surface area contributed by atoms with Crippen LogP contribution in [0.25, 0.3) is 11.1 Å². The summed E-state index contributed by atoms with van der Waals surface area (Å²) in [6.07, 6.45) is -6.57. The lowest BCUT2D eigenvalue weighted by atomic mass is 9.93. The van der Waals surface area contributed by atoms with E-state index in [9.17, 15) is 26.7 Å². The Morgan fingerprint density at radius 3 is 2.64 bits per heavy atom. The van der Waals surface area contributed by atoms with E-state index in [1.165, 1.54) is 12.1 Å². The summed E-state index contributed by atoms with van der Waals surface area (Å²) >= 11 is 0. The number of pyridine rings is 1. The number of benzene rings is 1. The molecule has 3 rings (SSSR count). The monoisotopic (exact) mass is 401 g/mol. The highest BCUT2D eigenvalue weighted by Crippen LogP contribution is 2.38. The second-order valence-electron chi connectivity index (χ2n) is 6.28. The van der Waals surface area contributed by atoms with E-state index in [4.69, 9.17) is 9.47 Å². The fourth-order valence-corrected chi connectivity index (χ4v) is 3.07. The van der Waals surface area contributed by atoms with Crippen molar-refractivity contribution < 1.29 is 36.2 Å². The summed E-state index contributed by atoms with van der Waals surface area (Å²) in [4.78, 5) is 16.1. The predicted octanol–water partition coefficient (Wildman–Crippen LogP) is 4.85. The molecule has 1 aliphatic rings. The maximum Gasteiger partial charge on any atom is 0.392 e. The summed E-state index contributed by atoms with van der Waals surface area (Å²) in [5.74, 6) is -2.66. The zero-order valence-electron chi connectivity index (χ0n) is 14.8. The van der Waals surface area contributed by atoms with Gasteiger partial charge in [0, 0.05) is 17.2 Å². The van der Waals surface area contributed by atoms with Crippen LogP contribution in [-0.2, 0) is 11.2 Å². The summed E-state index contributed by atoms with van der Waals surface area (Å²) in [5, 5.41) is 0. The van der Waals surface area contributed by atoms with Gasteiger partial charge in [-0.05, 0) is 43.5 Å². The van der Waals surface area contributed by atoms with E-state index in [1.54, 1.807) is 6.92 Å². The average Bonchev–Trinajstić information content (AvgIpc) is 2.59. The van der Waals surface area contributed by atoms with Gasteiger partial charge in [-0.1, -0.05) is 0 Å². The average molecular weight is 401 g/mol. The molecule has 2 aromatic rings. The lowest BCUT2D eigenvalue weighted by Crippen LogP contribution is -2.30. The number of esters is 1. The van der Waals surface area contributed by atoms with Crippen LogP contribution in [0.2, 0.25) is 0 Å². The number of ether oxygens (including phenoxy) is 2. The fraction of sp³-hybridized carbons (Fsp3) is 0.368. The Hall–Kier alpha value is -2.71. The van der Waals surface area contributed by atoms with Crippen LogP contribution in [-0.4, -0.2) is 29.8 Å². The molecule has 0 bridgehead atoms. The quantitative estimate of drug-likeness (QED) is 0.543. The highest BCUT2D eigenvalue weighted by Gasteiger charge is 2.36. The summed E-state index contributed by atoms with van der Waals surface area (Å²) in [5.41, 5.74) is 0.323. The molecule has 0 N–H and O–H groups in total. The number of carbonyl (C=O) groups excluding carboxylic acids is 1. The highest BCUT2D eigenvalue weighted by molar-refractivity contribution is 5.90. The third-order valence-electron chi connectivity index (χ3n) is 4.25. The topological polar surface area (TPSA) is 48.4 Å². The van der Waals surface area contributed by atoms with Gasteiger partial charge in [0.2, 0.25) is 5.88 Å². The minimum Gasteiger partial charge on any atom is -0.474 e. The summed E-state index contributed by atoms with van der Waals surface area (Å²) in [6, 6.07) is 4.20. The minimum absolute atomic E-state index is 0.0107. The zero-order valence-corrected chi connectivity index (χ0v) is 14.8. The molecule has 9 heteroatoms. The van der Waals surface area contributed by atoms with Crippen molar-refractivity contribution in [2.24, 2.45) is 0 Å². The van der Waals surface area contributed by atoms with E-state index in [0.29, 0.717) is 11.6 Å². The van der Waals surface area contributed by atoms with Crippen LogP contribution in [0.1, 0.15) is 35.8 Å². The maximum absolute atomic E-state index is 14.3. The van der Waals surface area contributed by atoms with Gasteiger partial charge in [0.15, 0.2) is 5.69 Å². The molecule has 1 atom stereocenters. The predicted molar refractivity (Wildman–Crippen MR) is 89.0 cm³/mol. The van der Waals surface area contributed by atoms with Gasteiger partial charge in [0.1, 0.15) is 17.7 Å². The van der Waals surface area contributed by atoms with Crippen molar-refractivity contribution in [2.75, 3.05) is 6.61 Å². The Bertz CT molecular complexity index is 898. The standard InChI is InChI=1S/C19H16F5NO3/c1-2-27-18(26)16-8-14(12-5-3-10(20)7-15(12)21)13-6-4-11(9-19(22,23)24)28-17(13)25-16/h3,5,7-8,11H,2,4,6,9H2,1H3/t11-/m0/s1. The Morgan fingerprint density at radius 1 is 1.25 bits per heavy atom. The molecule has 4 nitrogen and oxygen atoms in total. The van der Waals surface area contributed by atoms with E-state index < -0.39 is 36.3 Å². The Kier molecular flexibility index (Phi) is 5.53. The molecule has 1 aliphatic heterocycles. The van der Waals surface area contributed by atoms with Crippen LogP contribution >= 0.6 is 0 Å². The molecule has 0 radical (unpaired) electrons. The molecule has 28 heavy (non-hydrogen) atoms. The van der Waals surface area contributed by atoms with E-state index >= 15 is 0 Å². The first-order valence-corrected chi connectivity index (χ1v) is 8.57.